The van der Waals surface area contributed by atoms with Gasteiger partial charge in [-0.1, -0.05) is 0 Å². The highest BCUT2D eigenvalue weighted by molar-refractivity contribution is 5.48. The average molecular weight is 263 g/mol. The Morgan fingerprint density at radius 3 is 2.33 bits per heavy atom. The molecule has 18 heavy (non-hydrogen) atoms. The minimum Gasteiger partial charge on any atom is -0.381 e. The summed E-state index contributed by atoms with van der Waals surface area (Å²) in [7, 11) is 0. The van der Waals surface area contributed by atoms with Crippen molar-refractivity contribution in [2.24, 2.45) is 5.92 Å². The zero-order valence-electron chi connectivity index (χ0n) is 9.77. The molecule has 1 N–H and O–H groups in total. The van der Waals surface area contributed by atoms with Gasteiger partial charge in [-0.15, -0.1) is 0 Å². The highest BCUT2D eigenvalue weighted by atomic mass is 19.2. The molecule has 1 aromatic rings. The fraction of sp³-hybridized carbons (Fsp3) is 0.500. The van der Waals surface area contributed by atoms with Crippen LogP contribution in [-0.2, 0) is 4.74 Å². The summed E-state index contributed by atoms with van der Waals surface area (Å²) in [4.78, 5) is 0. The van der Waals surface area contributed by atoms with Crippen molar-refractivity contribution in [3.8, 4) is 0 Å². The second-order valence-electron chi connectivity index (χ2n) is 4.40. The van der Waals surface area contributed by atoms with Crippen LogP contribution in [0.3, 0.4) is 0 Å². The van der Waals surface area contributed by atoms with Gasteiger partial charge in [0.05, 0.1) is 6.61 Å². The topological polar surface area (TPSA) is 21.3 Å². The number of nitrogens with one attached hydrogen (secondary N) is 1. The van der Waals surface area contributed by atoms with Crippen molar-refractivity contribution in [1.82, 2.24) is 0 Å². The van der Waals surface area contributed by atoms with Crippen LogP contribution in [-0.4, -0.2) is 19.3 Å². The molecule has 2 atom stereocenters. The van der Waals surface area contributed by atoms with Crippen molar-refractivity contribution in [1.29, 1.82) is 0 Å². The van der Waals surface area contributed by atoms with Crippen LogP contribution in [0.15, 0.2) is 6.07 Å². The summed E-state index contributed by atoms with van der Waals surface area (Å²) in [5.41, 5.74) is -0.757. The van der Waals surface area contributed by atoms with E-state index in [1.54, 1.807) is 6.92 Å². The van der Waals surface area contributed by atoms with Crippen LogP contribution in [0.4, 0.5) is 23.2 Å². The highest BCUT2D eigenvalue weighted by Gasteiger charge is 2.26. The molecule has 0 spiro atoms. The third-order valence-electron chi connectivity index (χ3n) is 3.16. The van der Waals surface area contributed by atoms with E-state index in [1.165, 1.54) is 0 Å². The van der Waals surface area contributed by atoms with Gasteiger partial charge in [-0.05, 0) is 13.3 Å². The van der Waals surface area contributed by atoms with E-state index in [1.807, 2.05) is 0 Å². The Kier molecular flexibility index (Phi) is 3.75. The summed E-state index contributed by atoms with van der Waals surface area (Å²) in [6, 6.07) is -0.142. The third-order valence-corrected chi connectivity index (χ3v) is 3.16. The van der Waals surface area contributed by atoms with Gasteiger partial charge in [-0.2, -0.15) is 0 Å². The van der Waals surface area contributed by atoms with Gasteiger partial charge in [0.1, 0.15) is 5.69 Å². The summed E-state index contributed by atoms with van der Waals surface area (Å²) in [6.45, 7) is 2.75. The maximum Gasteiger partial charge on any atom is 0.185 e. The molecule has 2 rings (SSSR count). The molecule has 0 aromatic heterocycles. The zero-order chi connectivity index (χ0) is 13.3. The Bertz CT molecular complexity index is 420. The summed E-state index contributed by atoms with van der Waals surface area (Å²) in [5.74, 6) is -5.56. The molecule has 2 unspecified atom stereocenters. The second-order valence-corrected chi connectivity index (χ2v) is 4.40. The number of ether oxygens (including phenoxy) is 1. The predicted octanol–water partition coefficient (Wildman–Crippen LogP) is 3.08. The van der Waals surface area contributed by atoms with Gasteiger partial charge in [-0.25, -0.2) is 17.6 Å². The van der Waals surface area contributed by atoms with Gasteiger partial charge in [0, 0.05) is 24.6 Å². The molecule has 1 aliphatic rings. The summed E-state index contributed by atoms with van der Waals surface area (Å²) in [5, 5.41) is 2.49. The van der Waals surface area contributed by atoms with Gasteiger partial charge in [0.2, 0.25) is 0 Å². The van der Waals surface area contributed by atoms with E-state index < -0.39 is 29.0 Å². The highest BCUT2D eigenvalue weighted by Crippen LogP contribution is 2.27. The molecule has 2 nitrogen and oxygen atoms in total. The first-order valence-corrected chi connectivity index (χ1v) is 5.68. The molecular weight excluding hydrogens is 250 g/mol. The van der Waals surface area contributed by atoms with E-state index in [-0.39, 0.29) is 18.0 Å². The van der Waals surface area contributed by atoms with Crippen LogP contribution >= 0.6 is 0 Å². The van der Waals surface area contributed by atoms with Crippen LogP contribution in [0.25, 0.3) is 0 Å². The Hall–Kier alpha value is -1.30. The minimum absolute atomic E-state index is 0.0649. The standard InChI is InChI=1S/C12H13F4NO/c1-6(7-2-3-18-5-7)17-12-10(15)8(13)4-9(14)11(12)16/h4,6-7,17H,2-3,5H2,1H3. The lowest BCUT2D eigenvalue weighted by molar-refractivity contribution is 0.183. The van der Waals surface area contributed by atoms with E-state index in [4.69, 9.17) is 4.74 Å². The number of halogens is 4. The maximum absolute atomic E-state index is 13.4. The number of benzene rings is 1. The van der Waals surface area contributed by atoms with E-state index >= 15 is 0 Å². The van der Waals surface area contributed by atoms with Crippen molar-refractivity contribution in [2.45, 2.75) is 19.4 Å². The van der Waals surface area contributed by atoms with Crippen molar-refractivity contribution in [3.05, 3.63) is 29.3 Å². The fourth-order valence-electron chi connectivity index (χ4n) is 1.99. The first-order chi connectivity index (χ1) is 8.50. The minimum atomic E-state index is -1.41. The van der Waals surface area contributed by atoms with E-state index in [0.717, 1.165) is 6.42 Å². The zero-order valence-corrected chi connectivity index (χ0v) is 9.77. The first kappa shape index (κ1) is 13.1. The molecule has 1 aliphatic heterocycles. The molecular formula is C12H13F4NO. The quantitative estimate of drug-likeness (QED) is 0.668. The van der Waals surface area contributed by atoms with Gasteiger partial charge >= 0.3 is 0 Å². The van der Waals surface area contributed by atoms with Crippen LogP contribution in [0.1, 0.15) is 13.3 Å². The fourth-order valence-corrected chi connectivity index (χ4v) is 1.99. The lowest BCUT2D eigenvalue weighted by Crippen LogP contribution is -2.27. The largest absolute Gasteiger partial charge is 0.381 e. The van der Waals surface area contributed by atoms with Crippen LogP contribution in [0.5, 0.6) is 0 Å². The monoisotopic (exact) mass is 263 g/mol. The van der Waals surface area contributed by atoms with Crippen molar-refractivity contribution in [2.75, 3.05) is 18.5 Å². The molecule has 100 valence electrons. The lowest BCUT2D eigenvalue weighted by Gasteiger charge is -2.21. The van der Waals surface area contributed by atoms with E-state index in [9.17, 15) is 17.6 Å². The first-order valence-electron chi connectivity index (χ1n) is 5.68. The Labute approximate surface area is 102 Å². The third kappa shape index (κ3) is 2.43. The molecule has 6 heteroatoms. The summed E-state index contributed by atoms with van der Waals surface area (Å²) >= 11 is 0. The molecule has 0 radical (unpaired) electrons. The number of rotatable bonds is 3. The van der Waals surface area contributed by atoms with Gasteiger partial charge < -0.3 is 10.1 Å². The molecule has 1 aromatic carbocycles. The van der Waals surface area contributed by atoms with Crippen LogP contribution < -0.4 is 5.32 Å². The maximum atomic E-state index is 13.4. The van der Waals surface area contributed by atoms with Crippen molar-refractivity contribution in [3.63, 3.8) is 0 Å². The molecule has 1 heterocycles. The molecule has 0 amide bonds. The smallest absolute Gasteiger partial charge is 0.185 e. The van der Waals surface area contributed by atoms with Crippen LogP contribution in [0.2, 0.25) is 0 Å². The van der Waals surface area contributed by atoms with Crippen LogP contribution in [0, 0.1) is 29.2 Å². The molecule has 0 aliphatic carbocycles. The number of hydrogen-bond acceptors (Lipinski definition) is 2. The summed E-state index contributed by atoms with van der Waals surface area (Å²) in [6.07, 6.45) is 0.745. The average Bonchev–Trinajstić information content (AvgIpc) is 2.85. The molecule has 0 bridgehead atoms. The van der Waals surface area contributed by atoms with Gasteiger partial charge in [0.15, 0.2) is 23.3 Å². The molecule has 0 saturated carbocycles. The van der Waals surface area contributed by atoms with E-state index in [2.05, 4.69) is 5.32 Å². The van der Waals surface area contributed by atoms with Crippen molar-refractivity contribution >= 4 is 5.69 Å². The predicted molar refractivity (Wildman–Crippen MR) is 58.3 cm³/mol. The SMILES string of the molecule is CC(Nc1c(F)c(F)cc(F)c1F)C1CCOC1. The number of anilines is 1. The van der Waals surface area contributed by atoms with Gasteiger partial charge in [0.25, 0.3) is 0 Å². The van der Waals surface area contributed by atoms with Crippen molar-refractivity contribution < 1.29 is 22.3 Å². The van der Waals surface area contributed by atoms with Gasteiger partial charge in [-0.3, -0.25) is 0 Å². The Morgan fingerprint density at radius 2 is 1.83 bits per heavy atom. The molecule has 1 fully saturated rings. The Balaban J connectivity index is 2.22. The number of hydrogen-bond donors (Lipinski definition) is 1. The molecule has 1 saturated heterocycles. The summed E-state index contributed by atoms with van der Waals surface area (Å²) < 4.78 is 58.0. The normalized spacial score (nSPS) is 21.1. The lowest BCUT2D eigenvalue weighted by atomic mass is 10.0. The van der Waals surface area contributed by atoms with E-state index in [0.29, 0.717) is 13.2 Å². The second kappa shape index (κ2) is 5.14. The Morgan fingerprint density at radius 1 is 1.22 bits per heavy atom.